The standard InChI is InChI=1S/C5H5.2ClH.O.V/c1-2-4-5-3-1;;;;/h1-3H,4H2;2*1H;;/q-1;;;;. The SMILES string of the molecule is Cl.Cl.[C-]1=CC=CC1.[O]=[V]. The topological polar surface area (TPSA) is 17.1 Å². The fourth-order valence-corrected chi connectivity index (χ4v) is 0.340. The Morgan fingerprint density at radius 1 is 1.33 bits per heavy atom. The van der Waals surface area contributed by atoms with E-state index >= 15 is 0 Å². The van der Waals surface area contributed by atoms with Gasteiger partial charge in [-0.3, -0.25) is 6.08 Å². The van der Waals surface area contributed by atoms with E-state index in [1.165, 1.54) is 0 Å². The van der Waals surface area contributed by atoms with E-state index in [4.69, 9.17) is 3.67 Å². The number of rotatable bonds is 0. The normalized spacial score (nSPS) is 10.1. The van der Waals surface area contributed by atoms with Crippen molar-refractivity contribution in [1.82, 2.24) is 0 Å². The molecular formula is C5H7Cl2OV-. The minimum atomic E-state index is 0. The Bertz CT molecular complexity index is 83.0. The molecule has 1 aliphatic rings. The Labute approximate surface area is 76.6 Å². The Kier molecular flexibility index (Phi) is 28.4. The Morgan fingerprint density at radius 2 is 1.89 bits per heavy atom. The maximum absolute atomic E-state index is 8.19. The van der Waals surface area contributed by atoms with Crippen molar-refractivity contribution in [1.29, 1.82) is 0 Å². The molecular weight excluding hydrogens is 198 g/mol. The van der Waals surface area contributed by atoms with Gasteiger partial charge in [-0.1, -0.05) is 0 Å². The summed E-state index contributed by atoms with van der Waals surface area (Å²) in [6, 6.07) is 0. The molecule has 0 aliphatic heterocycles. The maximum atomic E-state index is 8.19. The van der Waals surface area contributed by atoms with Crippen molar-refractivity contribution >= 4 is 24.8 Å². The second-order valence-electron chi connectivity index (χ2n) is 1.00. The number of halogens is 2. The average Bonchev–Trinajstić information content (AvgIpc) is 2.23. The molecule has 9 heavy (non-hydrogen) atoms. The van der Waals surface area contributed by atoms with E-state index in [1.54, 1.807) is 0 Å². The van der Waals surface area contributed by atoms with Gasteiger partial charge in [0, 0.05) is 0 Å². The molecule has 0 N–H and O–H groups in total. The summed E-state index contributed by atoms with van der Waals surface area (Å²) in [5.41, 5.74) is 0. The zero-order valence-corrected chi connectivity index (χ0v) is 7.64. The molecule has 0 aromatic carbocycles. The molecule has 0 saturated heterocycles. The molecule has 0 spiro atoms. The summed E-state index contributed by atoms with van der Waals surface area (Å²) >= 11 is 1.06. The molecule has 1 aliphatic carbocycles. The number of hydrogen-bond donors (Lipinski definition) is 0. The van der Waals surface area contributed by atoms with Gasteiger partial charge in [0.15, 0.2) is 0 Å². The molecule has 0 amide bonds. The van der Waals surface area contributed by atoms with Gasteiger partial charge in [0.05, 0.1) is 0 Å². The van der Waals surface area contributed by atoms with Gasteiger partial charge < -0.3 is 0 Å². The van der Waals surface area contributed by atoms with Crippen LogP contribution in [0, 0.1) is 6.08 Å². The summed E-state index contributed by atoms with van der Waals surface area (Å²) in [5, 5.41) is 0. The summed E-state index contributed by atoms with van der Waals surface area (Å²) in [6.45, 7) is 0. The van der Waals surface area contributed by atoms with Crippen LogP contribution in [0.1, 0.15) is 6.42 Å². The fraction of sp³-hybridized carbons (Fsp3) is 0.200. The third kappa shape index (κ3) is 11.8. The summed E-state index contributed by atoms with van der Waals surface area (Å²) in [6.07, 6.45) is 10.0. The molecule has 0 aromatic heterocycles. The fourth-order valence-electron chi connectivity index (χ4n) is 0.340. The van der Waals surface area contributed by atoms with Crippen molar-refractivity contribution in [2.45, 2.75) is 6.42 Å². The Hall–Kier alpha value is 0.444. The van der Waals surface area contributed by atoms with Gasteiger partial charge in [0.2, 0.25) is 0 Å². The van der Waals surface area contributed by atoms with Crippen molar-refractivity contribution in [2.75, 3.05) is 0 Å². The van der Waals surface area contributed by atoms with Crippen molar-refractivity contribution in [3.05, 3.63) is 24.3 Å². The molecule has 53 valence electrons. The molecule has 0 aromatic rings. The predicted octanol–water partition coefficient (Wildman–Crippen LogP) is 2.03. The number of hydrogen-bond acceptors (Lipinski definition) is 1. The van der Waals surface area contributed by atoms with Crippen LogP contribution in [-0.2, 0) is 21.0 Å². The molecule has 0 bridgehead atoms. The molecule has 0 heterocycles. The Balaban J connectivity index is -0.0000000836. The van der Waals surface area contributed by atoms with E-state index in [-0.39, 0.29) is 24.8 Å². The van der Waals surface area contributed by atoms with Crippen LogP contribution in [0.5, 0.6) is 0 Å². The quantitative estimate of drug-likeness (QED) is 0.553. The molecule has 0 radical (unpaired) electrons. The van der Waals surface area contributed by atoms with Crippen LogP contribution < -0.4 is 0 Å². The summed E-state index contributed by atoms with van der Waals surface area (Å²) in [5.74, 6) is 0. The molecule has 0 saturated carbocycles. The third-order valence-electron chi connectivity index (χ3n) is 0.586. The first-order chi connectivity index (χ1) is 3.50. The molecule has 1 nitrogen and oxygen atoms in total. The van der Waals surface area contributed by atoms with Gasteiger partial charge in [0.25, 0.3) is 0 Å². The zero-order valence-electron chi connectivity index (χ0n) is 4.61. The first-order valence-corrected chi connectivity index (χ1v) is 2.47. The second-order valence-corrected chi connectivity index (χ2v) is 1.00. The first kappa shape index (κ1) is 16.2. The second kappa shape index (κ2) is 15.8. The van der Waals surface area contributed by atoms with Gasteiger partial charge in [-0.15, -0.1) is 31.2 Å². The van der Waals surface area contributed by atoms with Crippen molar-refractivity contribution < 1.29 is 21.0 Å². The van der Waals surface area contributed by atoms with Crippen molar-refractivity contribution in [3.8, 4) is 0 Å². The Morgan fingerprint density at radius 3 is 2.00 bits per heavy atom. The van der Waals surface area contributed by atoms with Crippen LogP contribution in [-0.4, -0.2) is 0 Å². The monoisotopic (exact) mass is 204 g/mol. The molecule has 1 rings (SSSR count). The van der Waals surface area contributed by atoms with Crippen LogP contribution >= 0.6 is 24.8 Å². The molecule has 0 atom stereocenters. The van der Waals surface area contributed by atoms with Gasteiger partial charge in [-0.25, -0.2) is 12.2 Å². The third-order valence-corrected chi connectivity index (χ3v) is 0.586. The summed E-state index contributed by atoms with van der Waals surface area (Å²) < 4.78 is 8.19. The van der Waals surface area contributed by atoms with Crippen LogP contribution in [0.25, 0.3) is 0 Å². The van der Waals surface area contributed by atoms with Gasteiger partial charge in [-0.2, -0.15) is 6.08 Å². The van der Waals surface area contributed by atoms with Gasteiger partial charge >= 0.3 is 21.0 Å². The van der Waals surface area contributed by atoms with Gasteiger partial charge in [-0.05, 0) is 0 Å². The summed E-state index contributed by atoms with van der Waals surface area (Å²) in [4.78, 5) is 0. The number of allylic oxidation sites excluding steroid dienone is 4. The van der Waals surface area contributed by atoms with Crippen LogP contribution in [0.3, 0.4) is 0 Å². The van der Waals surface area contributed by atoms with E-state index < -0.39 is 0 Å². The summed E-state index contributed by atoms with van der Waals surface area (Å²) in [7, 11) is 0. The van der Waals surface area contributed by atoms with Crippen LogP contribution in [0.15, 0.2) is 18.2 Å². The van der Waals surface area contributed by atoms with Crippen LogP contribution in [0.4, 0.5) is 0 Å². The molecule has 0 unspecified atom stereocenters. The van der Waals surface area contributed by atoms with Gasteiger partial charge in [0.1, 0.15) is 0 Å². The van der Waals surface area contributed by atoms with Crippen molar-refractivity contribution in [3.63, 3.8) is 0 Å². The van der Waals surface area contributed by atoms with E-state index in [0.29, 0.717) is 0 Å². The molecule has 4 heteroatoms. The predicted molar refractivity (Wildman–Crippen MR) is 36.8 cm³/mol. The zero-order chi connectivity index (χ0) is 5.54. The van der Waals surface area contributed by atoms with E-state index in [2.05, 4.69) is 12.2 Å². The first-order valence-electron chi connectivity index (χ1n) is 1.90. The van der Waals surface area contributed by atoms with Crippen LogP contribution in [0.2, 0.25) is 0 Å². The minimum absolute atomic E-state index is 0. The van der Waals surface area contributed by atoms with Crippen molar-refractivity contribution in [2.24, 2.45) is 0 Å². The van der Waals surface area contributed by atoms with E-state index in [9.17, 15) is 0 Å². The van der Waals surface area contributed by atoms with E-state index in [1.807, 2.05) is 12.2 Å². The van der Waals surface area contributed by atoms with E-state index in [0.717, 1.165) is 23.8 Å². The molecule has 0 fully saturated rings. The average molecular weight is 205 g/mol.